The lowest BCUT2D eigenvalue weighted by molar-refractivity contribution is 0.102. The molecule has 104 valence electrons. The summed E-state index contributed by atoms with van der Waals surface area (Å²) < 4.78 is 40.4. The predicted molar refractivity (Wildman–Crippen MR) is 75.7 cm³/mol. The smallest absolute Gasteiger partial charge is 0.255 e. The number of hydrogen-bond donors (Lipinski definition) is 2. The average Bonchev–Trinajstić information content (AvgIpc) is 2.36. The average molecular weight is 362 g/mol. The summed E-state index contributed by atoms with van der Waals surface area (Å²) in [5.41, 5.74) is -0.527. The minimum absolute atomic E-state index is 0.0330. The van der Waals surface area contributed by atoms with E-state index < -0.39 is 29.0 Å². The van der Waals surface area contributed by atoms with E-state index in [2.05, 4.69) is 33.9 Å². The number of amides is 1. The molecule has 0 aliphatic rings. The Hall–Kier alpha value is -1.47. The fourth-order valence-corrected chi connectivity index (χ4v) is 2.12. The molecule has 0 unspecified atom stereocenters. The number of halogens is 4. The third-order valence-corrected chi connectivity index (χ3v) is 3.25. The summed E-state index contributed by atoms with van der Waals surface area (Å²) in [5, 5.41) is 2.10. The lowest BCUT2D eigenvalue weighted by Gasteiger charge is -2.08. The van der Waals surface area contributed by atoms with Gasteiger partial charge in [0.2, 0.25) is 0 Å². The minimum Gasteiger partial charge on any atom is -0.317 e. The number of nitrogens with one attached hydrogen (secondary N) is 1. The van der Waals surface area contributed by atoms with Crippen LogP contribution in [0.25, 0.3) is 0 Å². The Morgan fingerprint density at radius 2 is 1.65 bits per heavy atom. The maximum absolute atomic E-state index is 13.6. The Bertz CT molecular complexity index is 670. The molecule has 0 aliphatic heterocycles. The number of carbonyl (C=O) groups is 1. The summed E-state index contributed by atoms with van der Waals surface area (Å²) in [6, 6.07) is 5.45. The molecule has 2 nitrogen and oxygen atoms in total. The molecule has 2 rings (SSSR count). The van der Waals surface area contributed by atoms with Crippen LogP contribution in [0.1, 0.15) is 10.4 Å². The summed E-state index contributed by atoms with van der Waals surface area (Å²) >= 11 is 6.76. The largest absolute Gasteiger partial charge is 0.317 e. The molecule has 0 spiro atoms. The first-order chi connectivity index (χ1) is 9.38. The van der Waals surface area contributed by atoms with Gasteiger partial charge in [-0.05, 0) is 30.3 Å². The lowest BCUT2D eigenvalue weighted by atomic mass is 10.2. The van der Waals surface area contributed by atoms with Gasteiger partial charge in [0, 0.05) is 14.9 Å². The molecule has 20 heavy (non-hydrogen) atoms. The van der Waals surface area contributed by atoms with Crippen molar-refractivity contribution in [2.24, 2.45) is 0 Å². The van der Waals surface area contributed by atoms with E-state index in [9.17, 15) is 18.0 Å². The first kappa shape index (κ1) is 14.9. The van der Waals surface area contributed by atoms with Crippen molar-refractivity contribution in [3.05, 3.63) is 57.8 Å². The number of carbonyl (C=O) groups excluding carboxylic acids is 1. The van der Waals surface area contributed by atoms with Crippen molar-refractivity contribution in [3.63, 3.8) is 0 Å². The summed E-state index contributed by atoms with van der Waals surface area (Å²) in [6.45, 7) is 0. The van der Waals surface area contributed by atoms with Crippen LogP contribution in [0.3, 0.4) is 0 Å². The van der Waals surface area contributed by atoms with E-state index in [0.29, 0.717) is 0 Å². The van der Waals surface area contributed by atoms with E-state index in [1.807, 2.05) is 0 Å². The normalized spacial score (nSPS) is 10.4. The Kier molecular flexibility index (Phi) is 4.39. The van der Waals surface area contributed by atoms with Crippen LogP contribution in [0.15, 0.2) is 39.7 Å². The highest BCUT2D eigenvalue weighted by atomic mass is 79.9. The zero-order valence-corrected chi connectivity index (χ0v) is 12.2. The van der Waals surface area contributed by atoms with E-state index in [4.69, 9.17) is 0 Å². The van der Waals surface area contributed by atoms with Crippen molar-refractivity contribution in [1.29, 1.82) is 0 Å². The Balaban J connectivity index is 2.30. The zero-order valence-electron chi connectivity index (χ0n) is 9.75. The zero-order chi connectivity index (χ0) is 14.9. The number of rotatable bonds is 2. The highest BCUT2D eigenvalue weighted by Crippen LogP contribution is 2.24. The first-order valence-corrected chi connectivity index (χ1v) is 6.57. The molecule has 0 saturated heterocycles. The van der Waals surface area contributed by atoms with Gasteiger partial charge in [0.05, 0.1) is 0 Å². The van der Waals surface area contributed by atoms with Gasteiger partial charge < -0.3 is 5.32 Å². The van der Waals surface area contributed by atoms with E-state index in [1.165, 1.54) is 12.1 Å². The highest BCUT2D eigenvalue weighted by molar-refractivity contribution is 9.10. The molecular weight excluding hydrogens is 355 g/mol. The standard InChI is InChI=1S/C13H7BrF3NOS/c14-7-4-9(16)12(10(17)5-7)18-13(19)6-1-2-8(15)11(20)3-6/h1-5,20H,(H,18,19). The molecule has 1 amide bonds. The van der Waals surface area contributed by atoms with Crippen molar-refractivity contribution in [1.82, 2.24) is 0 Å². The molecule has 0 heterocycles. The molecule has 7 heteroatoms. The van der Waals surface area contributed by atoms with E-state index in [-0.39, 0.29) is 14.9 Å². The number of thiol groups is 1. The summed E-state index contributed by atoms with van der Waals surface area (Å²) in [4.78, 5) is 11.8. The van der Waals surface area contributed by atoms with Gasteiger partial charge in [-0.25, -0.2) is 13.2 Å². The van der Waals surface area contributed by atoms with Crippen LogP contribution >= 0.6 is 28.6 Å². The molecule has 0 saturated carbocycles. The SMILES string of the molecule is O=C(Nc1c(F)cc(Br)cc1F)c1ccc(F)c(S)c1. The first-order valence-electron chi connectivity index (χ1n) is 5.33. The van der Waals surface area contributed by atoms with Gasteiger partial charge in [-0.1, -0.05) is 15.9 Å². The quantitative estimate of drug-likeness (QED) is 0.762. The molecule has 1 N–H and O–H groups in total. The number of benzene rings is 2. The molecule has 0 bridgehead atoms. The summed E-state index contributed by atoms with van der Waals surface area (Å²) in [7, 11) is 0. The molecule has 0 fully saturated rings. The fraction of sp³-hybridized carbons (Fsp3) is 0. The molecule has 0 atom stereocenters. The van der Waals surface area contributed by atoms with Gasteiger partial charge in [0.15, 0.2) is 11.6 Å². The van der Waals surface area contributed by atoms with Gasteiger partial charge in [-0.3, -0.25) is 4.79 Å². The van der Waals surface area contributed by atoms with Crippen LogP contribution in [0.2, 0.25) is 0 Å². The van der Waals surface area contributed by atoms with Crippen molar-refractivity contribution >= 4 is 40.2 Å². The molecule has 2 aromatic rings. The third-order valence-electron chi connectivity index (χ3n) is 2.45. The van der Waals surface area contributed by atoms with Crippen LogP contribution < -0.4 is 5.32 Å². The summed E-state index contributed by atoms with van der Waals surface area (Å²) in [5.74, 6) is -3.19. The maximum Gasteiger partial charge on any atom is 0.255 e. The second-order valence-corrected chi connectivity index (χ2v) is 5.26. The monoisotopic (exact) mass is 361 g/mol. The van der Waals surface area contributed by atoms with Gasteiger partial charge in [-0.2, -0.15) is 0 Å². The molecule has 2 aromatic carbocycles. The lowest BCUT2D eigenvalue weighted by Crippen LogP contribution is -2.14. The molecule has 0 aromatic heterocycles. The molecule has 0 aliphatic carbocycles. The second-order valence-electron chi connectivity index (χ2n) is 3.86. The topological polar surface area (TPSA) is 29.1 Å². The van der Waals surface area contributed by atoms with E-state index in [0.717, 1.165) is 18.2 Å². The van der Waals surface area contributed by atoms with Gasteiger partial charge in [-0.15, -0.1) is 12.6 Å². The van der Waals surface area contributed by atoms with Crippen molar-refractivity contribution in [2.45, 2.75) is 4.90 Å². The van der Waals surface area contributed by atoms with Gasteiger partial charge in [0.1, 0.15) is 11.5 Å². The van der Waals surface area contributed by atoms with Gasteiger partial charge >= 0.3 is 0 Å². The minimum atomic E-state index is -0.918. The Labute approximate surface area is 126 Å². The number of anilines is 1. The van der Waals surface area contributed by atoms with Crippen LogP contribution in [0, 0.1) is 17.5 Å². The van der Waals surface area contributed by atoms with Crippen molar-refractivity contribution < 1.29 is 18.0 Å². The van der Waals surface area contributed by atoms with Crippen LogP contribution in [0.5, 0.6) is 0 Å². The van der Waals surface area contributed by atoms with Gasteiger partial charge in [0.25, 0.3) is 5.91 Å². The molecule has 0 radical (unpaired) electrons. The number of hydrogen-bond acceptors (Lipinski definition) is 2. The van der Waals surface area contributed by atoms with Crippen LogP contribution in [-0.4, -0.2) is 5.91 Å². The van der Waals surface area contributed by atoms with Crippen molar-refractivity contribution in [3.8, 4) is 0 Å². The van der Waals surface area contributed by atoms with Crippen molar-refractivity contribution in [2.75, 3.05) is 5.32 Å². The predicted octanol–water partition coefficient (Wildman–Crippen LogP) is 4.41. The van der Waals surface area contributed by atoms with Crippen LogP contribution in [-0.2, 0) is 0 Å². The second kappa shape index (κ2) is 5.88. The molecular formula is C13H7BrF3NOS. The Morgan fingerprint density at radius 3 is 2.20 bits per heavy atom. The maximum atomic E-state index is 13.6. The van der Waals surface area contributed by atoms with Crippen LogP contribution in [0.4, 0.5) is 18.9 Å². The Morgan fingerprint density at radius 1 is 1.05 bits per heavy atom. The fourth-order valence-electron chi connectivity index (χ4n) is 1.50. The third kappa shape index (κ3) is 3.16. The van der Waals surface area contributed by atoms with E-state index in [1.54, 1.807) is 0 Å². The summed E-state index contributed by atoms with van der Waals surface area (Å²) in [6.07, 6.45) is 0. The van der Waals surface area contributed by atoms with E-state index >= 15 is 0 Å². The highest BCUT2D eigenvalue weighted by Gasteiger charge is 2.15.